The number of alkyl halides is 2. The number of amidine groups is 2. The monoisotopic (exact) mass is 864 g/mol. The Balaban J connectivity index is 1.23. The first-order valence-corrected chi connectivity index (χ1v) is 20.8. The minimum absolute atomic E-state index is 0.000470. The molecule has 326 valence electrons. The summed E-state index contributed by atoms with van der Waals surface area (Å²) in [5.41, 5.74) is 40.2. The molecule has 6 aliphatic rings. The number of aromatic nitrogens is 3. The molecule has 0 aliphatic carbocycles. The van der Waals surface area contributed by atoms with Crippen molar-refractivity contribution in [1.29, 1.82) is 0 Å². The summed E-state index contributed by atoms with van der Waals surface area (Å²) in [6.45, 7) is 8.41. The van der Waals surface area contributed by atoms with Crippen LogP contribution in [0.4, 0.5) is 5.95 Å². The second-order valence-electron chi connectivity index (χ2n) is 14.6. The lowest BCUT2D eigenvalue weighted by molar-refractivity contribution is -0.134. The molecule has 26 heteroatoms. The third kappa shape index (κ3) is 9.99. The van der Waals surface area contributed by atoms with Crippen LogP contribution in [0.1, 0.15) is 75.9 Å². The van der Waals surface area contributed by atoms with E-state index in [9.17, 15) is 9.59 Å². The first-order valence-electron chi connectivity index (χ1n) is 19.9. The molecule has 24 nitrogen and oxygen atoms in total. The molecule has 2 saturated heterocycles. The van der Waals surface area contributed by atoms with E-state index in [2.05, 4.69) is 71.8 Å². The van der Waals surface area contributed by atoms with Crippen LogP contribution in [-0.2, 0) is 9.59 Å². The number of fused-ring (bicyclic) bond motifs is 9. The topological polar surface area (TPSA) is 305 Å². The molecule has 0 spiro atoms. The van der Waals surface area contributed by atoms with E-state index in [1.165, 1.54) is 4.90 Å². The average Bonchev–Trinajstić information content (AvgIpc) is 3.22. The van der Waals surface area contributed by atoms with Gasteiger partial charge < -0.3 is 38.1 Å². The van der Waals surface area contributed by atoms with E-state index < -0.39 is 16.9 Å². The first-order chi connectivity index (χ1) is 28.5. The van der Waals surface area contributed by atoms with Crippen LogP contribution in [0.3, 0.4) is 0 Å². The summed E-state index contributed by atoms with van der Waals surface area (Å²) in [5.74, 6) is 1.57. The minimum atomic E-state index is -0.914. The van der Waals surface area contributed by atoms with Crippen molar-refractivity contribution in [1.82, 2.24) is 78.0 Å². The number of nitrogens with zero attached hydrogens (tertiary/aromatic N) is 11. The second-order valence-corrected chi connectivity index (χ2v) is 15.4. The van der Waals surface area contributed by atoms with Gasteiger partial charge in [0.2, 0.25) is 5.95 Å². The summed E-state index contributed by atoms with van der Waals surface area (Å²) < 4.78 is 0. The number of nitrogens with one attached hydrogen (secondary N) is 7. The van der Waals surface area contributed by atoms with E-state index in [1.807, 2.05) is 5.01 Å². The maximum Gasteiger partial charge on any atom is 0.277 e. The molecule has 7 rings (SSSR count). The molecule has 1 aromatic rings. The Kier molecular flexibility index (Phi) is 15.2. The molecular weight excluding hydrogens is 807 g/mol. The van der Waals surface area contributed by atoms with Gasteiger partial charge in [-0.3, -0.25) is 24.6 Å². The lowest BCUT2D eigenvalue weighted by atomic mass is 9.94. The van der Waals surface area contributed by atoms with Gasteiger partial charge in [-0.05, 0) is 45.6 Å². The van der Waals surface area contributed by atoms with Gasteiger partial charge in [0.1, 0.15) is 35.8 Å². The highest BCUT2D eigenvalue weighted by Gasteiger charge is 2.42. The van der Waals surface area contributed by atoms with E-state index in [4.69, 9.17) is 61.1 Å². The fraction of sp³-hybridized carbons (Fsp3) is 0.667. The molecule has 0 radical (unpaired) electrons. The summed E-state index contributed by atoms with van der Waals surface area (Å²) in [6, 6.07) is 0. The highest BCUT2D eigenvalue weighted by Crippen LogP contribution is 2.35. The zero-order valence-corrected chi connectivity index (χ0v) is 35.2. The summed E-state index contributed by atoms with van der Waals surface area (Å²) >= 11 is 13.8. The number of carbonyl (C=O) groups excluding carboxylic acids is 2. The number of hydrogen-bond donors (Lipinski definition) is 11. The normalized spacial score (nSPS) is 23.5. The van der Waals surface area contributed by atoms with Crippen LogP contribution in [0, 0.1) is 0 Å². The highest BCUT2D eigenvalue weighted by molar-refractivity contribution is 6.32. The number of hydrogen-bond acceptors (Lipinski definition) is 22. The van der Waals surface area contributed by atoms with Gasteiger partial charge in [-0.25, -0.2) is 41.7 Å². The SMILES string of the molecule is CCCN(CCC)c1nc(C2CCN(N3C(C(N)=O)=C(N)N=C(N)C3Cl)CC2)nc(C2CCN(N3C4=C(N)NC(=NCNNNCN(CNNNC)C4=O)C3Cl)CC2)n1. The summed E-state index contributed by atoms with van der Waals surface area (Å²) in [4.78, 5) is 54.4. The van der Waals surface area contributed by atoms with Gasteiger partial charge in [0.15, 0.2) is 28.2 Å². The van der Waals surface area contributed by atoms with Crippen molar-refractivity contribution in [3.05, 3.63) is 34.7 Å². The van der Waals surface area contributed by atoms with Crippen molar-refractivity contribution in [2.45, 2.75) is 75.2 Å². The smallest absolute Gasteiger partial charge is 0.277 e. The number of hydrazine groups is 6. The number of carbonyl (C=O) groups is 2. The molecule has 2 atom stereocenters. The fourth-order valence-corrected chi connectivity index (χ4v) is 8.33. The standard InChI is InChI=1S/C33H58Cl2N22O2/c1-4-10-52(11-5-2)33-48-29(19-6-12-54(13-7-19)56-21(28(39)58)25(36)45-27(38)23(56)34)47-30(49-33)20-8-14-55(15-9-20)57-22-26(37)46-31(24(57)35)41-16-42-51-44-18-53(32(22)59)17-43-50-40-3/h19-20,23-24,40,42-44,50-51H,4-18,36-37H2,1-3H3,(H2,38,45)(H2,39,58)(H,41,46). The lowest BCUT2D eigenvalue weighted by Gasteiger charge is -2.46. The molecule has 15 N–H and O–H groups in total. The number of halogens is 2. The molecule has 2 bridgehead atoms. The largest absolute Gasteiger partial charge is 0.384 e. The van der Waals surface area contributed by atoms with E-state index in [0.717, 1.165) is 37.6 Å². The van der Waals surface area contributed by atoms with Crippen molar-refractivity contribution in [2.75, 3.05) is 71.2 Å². The van der Waals surface area contributed by atoms with Crippen molar-refractivity contribution in [2.24, 2.45) is 32.9 Å². The molecular formula is C33H58Cl2N22O2. The summed E-state index contributed by atoms with van der Waals surface area (Å²) in [7, 11) is 1.71. The van der Waals surface area contributed by atoms with Crippen molar-refractivity contribution in [3.63, 3.8) is 0 Å². The van der Waals surface area contributed by atoms with Crippen LogP contribution in [0.2, 0.25) is 0 Å². The Labute approximate surface area is 353 Å². The predicted octanol–water partition coefficient (Wildman–Crippen LogP) is -2.92. The fourth-order valence-electron chi connectivity index (χ4n) is 7.72. The quantitative estimate of drug-likeness (QED) is 0.0386. The van der Waals surface area contributed by atoms with Crippen LogP contribution < -0.4 is 65.9 Å². The van der Waals surface area contributed by atoms with Crippen LogP contribution in [0.25, 0.3) is 0 Å². The minimum Gasteiger partial charge on any atom is -0.384 e. The third-order valence-corrected chi connectivity index (χ3v) is 11.4. The number of rotatable bonds is 14. The first kappa shape index (κ1) is 44.2. The number of anilines is 1. The Hall–Kier alpha value is -4.37. The van der Waals surface area contributed by atoms with E-state index in [0.29, 0.717) is 63.6 Å². The Morgan fingerprint density at radius 2 is 1.51 bits per heavy atom. The summed E-state index contributed by atoms with van der Waals surface area (Å²) in [6.07, 6.45) is 4.55. The predicted molar refractivity (Wildman–Crippen MR) is 223 cm³/mol. The van der Waals surface area contributed by atoms with E-state index in [-0.39, 0.29) is 66.6 Å². The van der Waals surface area contributed by atoms with E-state index in [1.54, 1.807) is 17.1 Å². The third-order valence-electron chi connectivity index (χ3n) is 10.6. The molecule has 2 amide bonds. The Morgan fingerprint density at radius 1 is 0.898 bits per heavy atom. The van der Waals surface area contributed by atoms with Gasteiger partial charge in [0.25, 0.3) is 11.8 Å². The molecule has 59 heavy (non-hydrogen) atoms. The van der Waals surface area contributed by atoms with Gasteiger partial charge in [0.05, 0.1) is 13.3 Å². The molecule has 1 aromatic heterocycles. The maximum atomic E-state index is 14.2. The second kappa shape index (κ2) is 20.3. The summed E-state index contributed by atoms with van der Waals surface area (Å²) in [5, 5.41) is 10.3. The number of aliphatic imine (C=N–C) groups is 2. The highest BCUT2D eigenvalue weighted by atomic mass is 35.5. The number of piperidine rings is 2. The van der Waals surface area contributed by atoms with Crippen LogP contribution >= 0.6 is 23.2 Å². The number of nitrogens with two attached hydrogens (primary N) is 4. The zero-order chi connectivity index (χ0) is 42.2. The maximum absolute atomic E-state index is 14.2. The van der Waals surface area contributed by atoms with E-state index >= 15 is 0 Å². The van der Waals surface area contributed by atoms with Gasteiger partial charge in [-0.15, -0.1) is 0 Å². The molecule has 6 aliphatic heterocycles. The number of primary amides is 1. The molecule has 2 fully saturated rings. The van der Waals surface area contributed by atoms with Crippen molar-refractivity contribution >= 4 is 52.6 Å². The molecule has 0 saturated carbocycles. The van der Waals surface area contributed by atoms with Crippen LogP contribution in [0.5, 0.6) is 0 Å². The zero-order valence-electron chi connectivity index (χ0n) is 33.7. The number of amides is 2. The van der Waals surface area contributed by atoms with Gasteiger partial charge in [0, 0.05) is 51.1 Å². The Morgan fingerprint density at radius 3 is 2.08 bits per heavy atom. The van der Waals surface area contributed by atoms with Gasteiger partial charge in [-0.1, -0.05) is 37.0 Å². The molecule has 7 heterocycles. The van der Waals surface area contributed by atoms with Crippen molar-refractivity contribution in [3.8, 4) is 0 Å². The lowest BCUT2D eigenvalue weighted by Crippen LogP contribution is -2.63. The van der Waals surface area contributed by atoms with Crippen molar-refractivity contribution < 1.29 is 9.59 Å². The van der Waals surface area contributed by atoms with Crippen LogP contribution in [-0.4, -0.2) is 141 Å². The van der Waals surface area contributed by atoms with Gasteiger partial charge in [-0.2, -0.15) is 21.0 Å². The molecule has 0 aromatic carbocycles. The molecule has 2 unspecified atom stereocenters. The Bertz CT molecular complexity index is 1770. The van der Waals surface area contributed by atoms with Crippen LogP contribution in [0.15, 0.2) is 33.0 Å². The average molecular weight is 866 g/mol. The van der Waals surface area contributed by atoms with Gasteiger partial charge >= 0.3 is 0 Å².